The van der Waals surface area contributed by atoms with Gasteiger partial charge in [-0.15, -0.1) is 0 Å². The van der Waals surface area contributed by atoms with Crippen molar-refractivity contribution in [2.24, 2.45) is 5.92 Å². The molecule has 0 saturated carbocycles. The van der Waals surface area contributed by atoms with E-state index < -0.39 is 5.97 Å². The van der Waals surface area contributed by atoms with Gasteiger partial charge in [0.2, 0.25) is 0 Å². The monoisotopic (exact) mass is 162 g/mol. The van der Waals surface area contributed by atoms with E-state index in [9.17, 15) is 4.79 Å². The van der Waals surface area contributed by atoms with E-state index in [2.05, 4.69) is 0 Å². The van der Waals surface area contributed by atoms with Gasteiger partial charge in [0, 0.05) is 19.6 Å². The largest absolute Gasteiger partial charge is 0.481 e. The highest BCUT2D eigenvalue weighted by Gasteiger charge is 2.08. The Morgan fingerprint density at radius 3 is 2.27 bits per heavy atom. The molecule has 0 bridgehead atoms. The Bertz CT molecular complexity index is 113. The molecule has 0 rings (SSSR count). The fourth-order valence-electron chi connectivity index (χ4n) is 0.837. The van der Waals surface area contributed by atoms with Crippen molar-refractivity contribution in [2.45, 2.75) is 19.3 Å². The SMILES string of the molecule is O=C(O)CCC(CO)CCO. The third-order valence-electron chi connectivity index (χ3n) is 1.56. The summed E-state index contributed by atoms with van der Waals surface area (Å²) in [6, 6.07) is 0. The van der Waals surface area contributed by atoms with Crippen LogP contribution < -0.4 is 0 Å². The Balaban J connectivity index is 3.43. The first-order valence-electron chi connectivity index (χ1n) is 3.64. The Kier molecular flexibility index (Phi) is 5.78. The fourth-order valence-corrected chi connectivity index (χ4v) is 0.837. The molecule has 0 fully saturated rings. The van der Waals surface area contributed by atoms with Crippen molar-refractivity contribution >= 4 is 5.97 Å². The van der Waals surface area contributed by atoms with E-state index in [1.807, 2.05) is 0 Å². The van der Waals surface area contributed by atoms with E-state index in [4.69, 9.17) is 15.3 Å². The average molecular weight is 162 g/mol. The molecule has 3 N–H and O–H groups in total. The Morgan fingerprint density at radius 1 is 1.27 bits per heavy atom. The summed E-state index contributed by atoms with van der Waals surface area (Å²) in [5.74, 6) is -0.933. The molecule has 0 aliphatic heterocycles. The Hall–Kier alpha value is -0.610. The van der Waals surface area contributed by atoms with Crippen LogP contribution in [0.4, 0.5) is 0 Å². The summed E-state index contributed by atoms with van der Waals surface area (Å²) in [5, 5.41) is 25.4. The number of rotatable bonds is 6. The Labute approximate surface area is 65.5 Å². The molecule has 1 atom stereocenters. The van der Waals surface area contributed by atoms with Gasteiger partial charge in [-0.1, -0.05) is 0 Å². The van der Waals surface area contributed by atoms with E-state index in [0.29, 0.717) is 12.8 Å². The second kappa shape index (κ2) is 6.12. The highest BCUT2D eigenvalue weighted by Crippen LogP contribution is 2.09. The molecule has 0 aliphatic carbocycles. The van der Waals surface area contributed by atoms with Crippen LogP contribution in [0, 0.1) is 5.92 Å². The maximum atomic E-state index is 10.1. The van der Waals surface area contributed by atoms with Gasteiger partial charge in [0.25, 0.3) is 0 Å². The molecule has 0 saturated heterocycles. The van der Waals surface area contributed by atoms with Crippen LogP contribution in [0.15, 0.2) is 0 Å². The van der Waals surface area contributed by atoms with Gasteiger partial charge in [0.1, 0.15) is 0 Å². The summed E-state index contributed by atoms with van der Waals surface area (Å²) in [6.45, 7) is -0.0430. The topological polar surface area (TPSA) is 77.8 Å². The second-order valence-corrected chi connectivity index (χ2v) is 2.49. The van der Waals surface area contributed by atoms with Crippen LogP contribution in [0.5, 0.6) is 0 Å². The normalized spacial score (nSPS) is 12.9. The molecule has 0 aromatic heterocycles. The van der Waals surface area contributed by atoms with Crippen LogP contribution in [-0.2, 0) is 4.79 Å². The number of aliphatic carboxylic acids is 1. The van der Waals surface area contributed by atoms with Crippen LogP contribution in [0.25, 0.3) is 0 Å². The molecule has 0 radical (unpaired) electrons. The van der Waals surface area contributed by atoms with Crippen LogP contribution in [0.3, 0.4) is 0 Å². The van der Waals surface area contributed by atoms with Gasteiger partial charge in [0.15, 0.2) is 0 Å². The average Bonchev–Trinajstić information content (AvgIpc) is 1.97. The minimum atomic E-state index is -0.860. The molecule has 66 valence electrons. The lowest BCUT2D eigenvalue weighted by Gasteiger charge is -2.09. The zero-order valence-corrected chi connectivity index (χ0v) is 6.36. The van der Waals surface area contributed by atoms with E-state index >= 15 is 0 Å². The summed E-state index contributed by atoms with van der Waals surface area (Å²) in [6.07, 6.45) is 0.974. The second-order valence-electron chi connectivity index (χ2n) is 2.49. The number of carboxylic acids is 1. The number of hydrogen-bond acceptors (Lipinski definition) is 3. The summed E-state index contributed by atoms with van der Waals surface area (Å²) in [4.78, 5) is 10.1. The van der Waals surface area contributed by atoms with E-state index in [0.717, 1.165) is 0 Å². The number of carbonyl (C=O) groups is 1. The Morgan fingerprint density at radius 2 is 1.91 bits per heavy atom. The van der Waals surface area contributed by atoms with Crippen molar-refractivity contribution in [3.05, 3.63) is 0 Å². The van der Waals surface area contributed by atoms with Crippen molar-refractivity contribution in [2.75, 3.05) is 13.2 Å². The number of carboxylic acid groups (broad SMARTS) is 1. The zero-order chi connectivity index (χ0) is 8.69. The summed E-state index contributed by atoms with van der Waals surface area (Å²) in [5.41, 5.74) is 0. The van der Waals surface area contributed by atoms with Crippen molar-refractivity contribution in [3.63, 3.8) is 0 Å². The predicted octanol–water partition coefficient (Wildman–Crippen LogP) is -0.158. The van der Waals surface area contributed by atoms with Gasteiger partial charge in [0.05, 0.1) is 0 Å². The molecule has 0 spiro atoms. The summed E-state index contributed by atoms with van der Waals surface area (Å²) < 4.78 is 0. The third kappa shape index (κ3) is 5.82. The molecule has 11 heavy (non-hydrogen) atoms. The highest BCUT2D eigenvalue weighted by molar-refractivity contribution is 5.66. The van der Waals surface area contributed by atoms with Gasteiger partial charge in [-0.05, 0) is 18.8 Å². The van der Waals surface area contributed by atoms with E-state index in [1.54, 1.807) is 0 Å². The first-order chi connectivity index (χ1) is 5.20. The van der Waals surface area contributed by atoms with Gasteiger partial charge >= 0.3 is 5.97 Å². The molecule has 0 aromatic rings. The molecule has 0 heterocycles. The van der Waals surface area contributed by atoms with Gasteiger partial charge in [-0.2, -0.15) is 0 Å². The van der Waals surface area contributed by atoms with Crippen LogP contribution >= 0.6 is 0 Å². The van der Waals surface area contributed by atoms with E-state index in [1.165, 1.54) is 0 Å². The van der Waals surface area contributed by atoms with Gasteiger partial charge in [-0.3, -0.25) is 4.79 Å². The van der Waals surface area contributed by atoms with Gasteiger partial charge in [-0.25, -0.2) is 0 Å². The minimum Gasteiger partial charge on any atom is -0.481 e. The lowest BCUT2D eigenvalue weighted by atomic mass is 10.0. The summed E-state index contributed by atoms with van der Waals surface area (Å²) in [7, 11) is 0. The molecular weight excluding hydrogens is 148 g/mol. The van der Waals surface area contributed by atoms with Gasteiger partial charge < -0.3 is 15.3 Å². The smallest absolute Gasteiger partial charge is 0.303 e. The molecular formula is C7H14O4. The fraction of sp³-hybridized carbons (Fsp3) is 0.857. The van der Waals surface area contributed by atoms with Crippen molar-refractivity contribution in [1.29, 1.82) is 0 Å². The standard InChI is InChI=1S/C7H14O4/c8-4-3-6(5-9)1-2-7(10)11/h6,8-9H,1-5H2,(H,10,11). The van der Waals surface area contributed by atoms with Crippen molar-refractivity contribution in [1.82, 2.24) is 0 Å². The minimum absolute atomic E-state index is 0.00481. The van der Waals surface area contributed by atoms with Crippen molar-refractivity contribution < 1.29 is 20.1 Å². The highest BCUT2D eigenvalue weighted by atomic mass is 16.4. The van der Waals surface area contributed by atoms with E-state index in [-0.39, 0.29) is 25.6 Å². The van der Waals surface area contributed by atoms with Crippen LogP contribution in [-0.4, -0.2) is 34.5 Å². The molecule has 4 heteroatoms. The zero-order valence-electron chi connectivity index (χ0n) is 6.36. The number of aliphatic hydroxyl groups excluding tert-OH is 2. The maximum absolute atomic E-state index is 10.1. The lowest BCUT2D eigenvalue weighted by Crippen LogP contribution is -2.10. The molecule has 0 amide bonds. The third-order valence-corrected chi connectivity index (χ3v) is 1.56. The van der Waals surface area contributed by atoms with Crippen molar-refractivity contribution in [3.8, 4) is 0 Å². The predicted molar refractivity (Wildman–Crippen MR) is 39.1 cm³/mol. The molecule has 1 unspecified atom stereocenters. The molecule has 4 nitrogen and oxygen atoms in total. The maximum Gasteiger partial charge on any atom is 0.303 e. The lowest BCUT2D eigenvalue weighted by molar-refractivity contribution is -0.137. The number of aliphatic hydroxyl groups is 2. The first kappa shape index (κ1) is 10.4. The quantitative estimate of drug-likeness (QED) is 0.507. The van der Waals surface area contributed by atoms with Crippen LogP contribution in [0.1, 0.15) is 19.3 Å². The summed E-state index contributed by atoms with van der Waals surface area (Å²) >= 11 is 0. The molecule has 0 aromatic carbocycles. The molecule has 0 aliphatic rings. The number of hydrogen-bond donors (Lipinski definition) is 3. The van der Waals surface area contributed by atoms with Crippen LogP contribution in [0.2, 0.25) is 0 Å². The first-order valence-corrected chi connectivity index (χ1v) is 3.64.